The predicted molar refractivity (Wildman–Crippen MR) is 47.6 cm³/mol. The molecule has 5 heteroatoms. The smallest absolute Gasteiger partial charge is 0.315 e. The molecular formula is C8H7N3O2. The average molecular weight is 177 g/mol. The van der Waals surface area contributed by atoms with E-state index in [-0.39, 0.29) is 0 Å². The van der Waals surface area contributed by atoms with Crippen LogP contribution in [0.3, 0.4) is 0 Å². The normalized spacial score (nSPS) is 10.5. The van der Waals surface area contributed by atoms with E-state index in [2.05, 4.69) is 9.97 Å². The zero-order valence-corrected chi connectivity index (χ0v) is 6.94. The van der Waals surface area contributed by atoms with Crippen LogP contribution in [-0.2, 0) is 7.05 Å². The Hall–Kier alpha value is -1.91. The van der Waals surface area contributed by atoms with Crippen molar-refractivity contribution in [3.05, 3.63) is 39.2 Å². The number of H-pyrrole nitrogens is 1. The minimum absolute atomic E-state index is 0.557. The first kappa shape index (κ1) is 7.72. The molecular weight excluding hydrogens is 170 g/mol. The molecule has 0 aliphatic carbocycles. The van der Waals surface area contributed by atoms with E-state index in [9.17, 15) is 9.59 Å². The van der Waals surface area contributed by atoms with Gasteiger partial charge in [0.15, 0.2) is 0 Å². The standard InChI is InChI=1S/C8H7N3O2/c1-11-6-2-3-9-4-5(6)10-7(12)8(11)13/h2-4H,1H3,(H,10,12). The zero-order valence-electron chi connectivity index (χ0n) is 6.94. The van der Waals surface area contributed by atoms with Gasteiger partial charge in [0, 0.05) is 13.2 Å². The number of aromatic nitrogens is 3. The molecule has 0 saturated carbocycles. The molecule has 2 heterocycles. The number of hydrogen-bond acceptors (Lipinski definition) is 3. The van der Waals surface area contributed by atoms with Gasteiger partial charge in [-0.3, -0.25) is 14.6 Å². The summed E-state index contributed by atoms with van der Waals surface area (Å²) in [5.74, 6) is 0. The first-order chi connectivity index (χ1) is 6.20. The molecule has 0 saturated heterocycles. The maximum absolute atomic E-state index is 11.2. The molecule has 0 amide bonds. The van der Waals surface area contributed by atoms with Gasteiger partial charge >= 0.3 is 11.1 Å². The molecule has 66 valence electrons. The van der Waals surface area contributed by atoms with Crippen LogP contribution in [0.15, 0.2) is 28.0 Å². The lowest BCUT2D eigenvalue weighted by atomic mass is 10.4. The predicted octanol–water partition coefficient (Wildman–Crippen LogP) is -0.378. The fourth-order valence-corrected chi connectivity index (χ4v) is 1.21. The van der Waals surface area contributed by atoms with Gasteiger partial charge in [0.1, 0.15) is 0 Å². The molecule has 2 aromatic heterocycles. The van der Waals surface area contributed by atoms with Crippen LogP contribution in [0.2, 0.25) is 0 Å². The monoisotopic (exact) mass is 177 g/mol. The van der Waals surface area contributed by atoms with E-state index < -0.39 is 11.1 Å². The van der Waals surface area contributed by atoms with Gasteiger partial charge in [0.05, 0.1) is 17.2 Å². The van der Waals surface area contributed by atoms with Crippen molar-refractivity contribution in [3.63, 3.8) is 0 Å². The topological polar surface area (TPSA) is 67.8 Å². The maximum atomic E-state index is 11.2. The van der Waals surface area contributed by atoms with E-state index in [1.165, 1.54) is 10.8 Å². The van der Waals surface area contributed by atoms with E-state index in [0.29, 0.717) is 11.0 Å². The van der Waals surface area contributed by atoms with Crippen molar-refractivity contribution in [2.45, 2.75) is 0 Å². The van der Waals surface area contributed by atoms with E-state index >= 15 is 0 Å². The lowest BCUT2D eigenvalue weighted by Crippen LogP contribution is -2.34. The van der Waals surface area contributed by atoms with Crippen LogP contribution in [0.1, 0.15) is 0 Å². The van der Waals surface area contributed by atoms with Crippen molar-refractivity contribution < 1.29 is 0 Å². The Morgan fingerprint density at radius 3 is 3.00 bits per heavy atom. The first-order valence-electron chi connectivity index (χ1n) is 3.73. The zero-order chi connectivity index (χ0) is 9.42. The molecule has 1 N–H and O–H groups in total. The Labute approximate surface area is 72.7 Å². The van der Waals surface area contributed by atoms with Gasteiger partial charge in [-0.1, -0.05) is 0 Å². The minimum Gasteiger partial charge on any atom is -0.315 e. The molecule has 0 atom stereocenters. The second-order valence-corrected chi connectivity index (χ2v) is 2.71. The summed E-state index contributed by atoms with van der Waals surface area (Å²) in [7, 11) is 1.56. The van der Waals surface area contributed by atoms with Crippen molar-refractivity contribution in [1.82, 2.24) is 14.5 Å². The highest BCUT2D eigenvalue weighted by Gasteiger charge is 2.01. The van der Waals surface area contributed by atoms with Crippen LogP contribution in [0.4, 0.5) is 0 Å². The van der Waals surface area contributed by atoms with Gasteiger partial charge in [-0.25, -0.2) is 0 Å². The summed E-state index contributed by atoms with van der Waals surface area (Å²) in [6.07, 6.45) is 3.08. The average Bonchev–Trinajstić information content (AvgIpc) is 2.15. The van der Waals surface area contributed by atoms with Gasteiger partial charge in [-0.15, -0.1) is 0 Å². The molecule has 5 nitrogen and oxygen atoms in total. The molecule has 0 aliphatic rings. The molecule has 0 unspecified atom stereocenters. The molecule has 0 radical (unpaired) electrons. The van der Waals surface area contributed by atoms with E-state index in [1.54, 1.807) is 19.3 Å². The van der Waals surface area contributed by atoms with Crippen molar-refractivity contribution >= 4 is 11.0 Å². The quantitative estimate of drug-likeness (QED) is 0.558. The Morgan fingerprint density at radius 2 is 2.23 bits per heavy atom. The number of hydrogen-bond donors (Lipinski definition) is 1. The van der Waals surface area contributed by atoms with Crippen LogP contribution in [0.25, 0.3) is 11.0 Å². The highest BCUT2D eigenvalue weighted by Crippen LogP contribution is 2.02. The van der Waals surface area contributed by atoms with Crippen LogP contribution in [-0.4, -0.2) is 14.5 Å². The van der Waals surface area contributed by atoms with Crippen LogP contribution in [0, 0.1) is 0 Å². The van der Waals surface area contributed by atoms with Crippen molar-refractivity contribution in [2.24, 2.45) is 7.05 Å². The minimum atomic E-state index is -0.622. The molecule has 0 aromatic carbocycles. The van der Waals surface area contributed by atoms with E-state index in [1.807, 2.05) is 0 Å². The summed E-state index contributed by atoms with van der Waals surface area (Å²) < 4.78 is 1.30. The van der Waals surface area contributed by atoms with Crippen molar-refractivity contribution in [2.75, 3.05) is 0 Å². The molecule has 13 heavy (non-hydrogen) atoms. The molecule has 2 aromatic rings. The van der Waals surface area contributed by atoms with Gasteiger partial charge in [-0.05, 0) is 6.07 Å². The molecule has 2 rings (SSSR count). The lowest BCUT2D eigenvalue weighted by Gasteiger charge is -2.01. The number of nitrogens with zero attached hydrogens (tertiary/aromatic N) is 2. The van der Waals surface area contributed by atoms with Gasteiger partial charge in [-0.2, -0.15) is 0 Å². The fraction of sp³-hybridized carbons (Fsp3) is 0.125. The Kier molecular flexibility index (Phi) is 1.51. The van der Waals surface area contributed by atoms with E-state index in [4.69, 9.17) is 0 Å². The second-order valence-electron chi connectivity index (χ2n) is 2.71. The molecule has 0 spiro atoms. The fourth-order valence-electron chi connectivity index (χ4n) is 1.21. The van der Waals surface area contributed by atoms with Gasteiger partial charge < -0.3 is 9.55 Å². The van der Waals surface area contributed by atoms with Crippen LogP contribution in [0.5, 0.6) is 0 Å². The number of rotatable bonds is 0. The number of fused-ring (bicyclic) bond motifs is 1. The number of aromatic amines is 1. The van der Waals surface area contributed by atoms with Crippen molar-refractivity contribution in [3.8, 4) is 0 Å². The number of nitrogens with one attached hydrogen (secondary N) is 1. The molecule has 0 bridgehead atoms. The molecule has 0 aliphatic heterocycles. The molecule has 0 fully saturated rings. The third kappa shape index (κ3) is 1.05. The summed E-state index contributed by atoms with van der Waals surface area (Å²) in [4.78, 5) is 28.5. The summed E-state index contributed by atoms with van der Waals surface area (Å²) in [5, 5.41) is 0. The van der Waals surface area contributed by atoms with Gasteiger partial charge in [0.2, 0.25) is 0 Å². The third-order valence-corrected chi connectivity index (χ3v) is 1.91. The first-order valence-corrected chi connectivity index (χ1v) is 3.73. The Morgan fingerprint density at radius 1 is 1.46 bits per heavy atom. The van der Waals surface area contributed by atoms with E-state index in [0.717, 1.165) is 0 Å². The summed E-state index contributed by atoms with van der Waals surface area (Å²) in [6.45, 7) is 0. The summed E-state index contributed by atoms with van der Waals surface area (Å²) in [6, 6.07) is 1.67. The largest absolute Gasteiger partial charge is 0.316 e. The van der Waals surface area contributed by atoms with Crippen LogP contribution < -0.4 is 11.1 Å². The third-order valence-electron chi connectivity index (χ3n) is 1.91. The summed E-state index contributed by atoms with van der Waals surface area (Å²) in [5.41, 5.74) is 0.0518. The van der Waals surface area contributed by atoms with Crippen LogP contribution >= 0.6 is 0 Å². The maximum Gasteiger partial charge on any atom is 0.316 e. The summed E-state index contributed by atoms with van der Waals surface area (Å²) >= 11 is 0. The lowest BCUT2D eigenvalue weighted by molar-refractivity contribution is 0.872. The Bertz CT molecular complexity index is 567. The Balaban J connectivity index is 3.11. The number of pyridine rings is 1. The highest BCUT2D eigenvalue weighted by atomic mass is 16.2. The SMILES string of the molecule is Cn1c(=O)c(=O)[nH]c2cnccc21. The second kappa shape index (κ2) is 2.55. The van der Waals surface area contributed by atoms with Gasteiger partial charge in [0.25, 0.3) is 0 Å². The number of aryl methyl sites for hydroxylation is 1. The van der Waals surface area contributed by atoms with Crippen molar-refractivity contribution in [1.29, 1.82) is 0 Å². The highest BCUT2D eigenvalue weighted by molar-refractivity contribution is 5.72.